The molecule has 5 nitrogen and oxygen atoms in total. The quantitative estimate of drug-likeness (QED) is 0.487. The number of aliphatic hydroxyl groups excluding tert-OH is 1. The number of aryl methyl sites for hydroxylation is 1. The molecule has 0 spiro atoms. The van der Waals surface area contributed by atoms with E-state index in [0.717, 1.165) is 36.9 Å². The van der Waals surface area contributed by atoms with Crippen LogP contribution in [-0.2, 0) is 16.0 Å². The predicted molar refractivity (Wildman–Crippen MR) is 130 cm³/mol. The zero-order chi connectivity index (χ0) is 23.4. The zero-order valence-corrected chi connectivity index (χ0v) is 19.7. The molecule has 1 fully saturated rings. The van der Waals surface area contributed by atoms with Crippen LogP contribution in [-0.4, -0.2) is 27.8 Å². The van der Waals surface area contributed by atoms with Crippen molar-refractivity contribution in [2.24, 2.45) is 5.92 Å². The number of phenols is 1. The average molecular weight is 450 g/mol. The van der Waals surface area contributed by atoms with Gasteiger partial charge in [-0.05, 0) is 61.4 Å². The van der Waals surface area contributed by atoms with Gasteiger partial charge in [0.2, 0.25) is 0 Å². The Bertz CT molecular complexity index is 977. The highest BCUT2D eigenvalue weighted by atomic mass is 16.6. The summed E-state index contributed by atoms with van der Waals surface area (Å²) in [5, 5.41) is 20.9. The first-order chi connectivity index (χ1) is 15.9. The molecule has 1 aliphatic heterocycles. The molecule has 2 aromatic rings. The Kier molecular flexibility index (Phi) is 6.96. The Morgan fingerprint density at radius 2 is 1.67 bits per heavy atom. The lowest BCUT2D eigenvalue weighted by atomic mass is 9.79. The third-order valence-electron chi connectivity index (χ3n) is 7.27. The standard InChI is InChI=1S/C28H35NO4/c1-20(2)28(18-17-21-13-15-24(30)16-14-21)19-25(31)26(27(32)33-28)29(22-9-5-3-6-10-22)23-11-7-4-8-12-23/h3,5-6,9-10,13-16,20,23,30-31H,4,7-8,11-12,17-19H2,1-2H3. The van der Waals surface area contributed by atoms with Crippen LogP contribution < -0.4 is 4.90 Å². The third kappa shape index (κ3) is 5.02. The van der Waals surface area contributed by atoms with Gasteiger partial charge in [-0.15, -0.1) is 0 Å². The van der Waals surface area contributed by atoms with Crippen molar-refractivity contribution < 1.29 is 19.7 Å². The highest BCUT2D eigenvalue weighted by Crippen LogP contribution is 2.42. The first-order valence-corrected chi connectivity index (χ1v) is 12.2. The lowest BCUT2D eigenvalue weighted by molar-refractivity contribution is -0.166. The second-order valence-corrected chi connectivity index (χ2v) is 9.74. The molecule has 0 saturated heterocycles. The second-order valence-electron chi connectivity index (χ2n) is 9.74. The lowest BCUT2D eigenvalue weighted by Gasteiger charge is -2.44. The van der Waals surface area contributed by atoms with Gasteiger partial charge in [0.25, 0.3) is 0 Å². The first kappa shape index (κ1) is 23.2. The minimum atomic E-state index is -0.766. The molecule has 1 unspecified atom stereocenters. The van der Waals surface area contributed by atoms with Crippen molar-refractivity contribution in [3.8, 4) is 5.75 Å². The van der Waals surface area contributed by atoms with Gasteiger partial charge in [0.1, 0.15) is 17.1 Å². The van der Waals surface area contributed by atoms with E-state index in [9.17, 15) is 15.0 Å². The molecule has 33 heavy (non-hydrogen) atoms. The van der Waals surface area contributed by atoms with Crippen LogP contribution in [0.15, 0.2) is 66.1 Å². The van der Waals surface area contributed by atoms with Crippen LogP contribution in [0.3, 0.4) is 0 Å². The van der Waals surface area contributed by atoms with E-state index in [1.807, 2.05) is 61.2 Å². The molecule has 2 aliphatic rings. The molecule has 0 radical (unpaired) electrons. The summed E-state index contributed by atoms with van der Waals surface area (Å²) >= 11 is 0. The Balaban J connectivity index is 1.64. The minimum absolute atomic E-state index is 0.0436. The largest absolute Gasteiger partial charge is 0.510 e. The summed E-state index contributed by atoms with van der Waals surface area (Å²) in [6.45, 7) is 4.08. The molecular formula is C28H35NO4. The number of carbonyl (C=O) groups is 1. The number of aromatic hydroxyl groups is 1. The van der Waals surface area contributed by atoms with E-state index in [1.165, 1.54) is 6.42 Å². The fourth-order valence-corrected chi connectivity index (χ4v) is 5.21. The van der Waals surface area contributed by atoms with E-state index in [-0.39, 0.29) is 23.5 Å². The number of rotatable bonds is 7. The molecule has 1 saturated carbocycles. The normalized spacial score (nSPS) is 21.8. The summed E-state index contributed by atoms with van der Waals surface area (Å²) in [5.41, 5.74) is 1.52. The van der Waals surface area contributed by atoms with E-state index in [4.69, 9.17) is 4.74 Å². The number of carbonyl (C=O) groups excluding carboxylic acids is 1. The molecule has 0 aromatic heterocycles. The maximum Gasteiger partial charge on any atom is 0.359 e. The molecule has 1 aliphatic carbocycles. The summed E-state index contributed by atoms with van der Waals surface area (Å²) in [4.78, 5) is 15.6. The van der Waals surface area contributed by atoms with E-state index in [1.54, 1.807) is 12.1 Å². The van der Waals surface area contributed by atoms with Crippen molar-refractivity contribution >= 4 is 11.7 Å². The maximum atomic E-state index is 13.5. The van der Waals surface area contributed by atoms with Crippen LogP contribution in [0.1, 0.15) is 64.4 Å². The molecular weight excluding hydrogens is 414 g/mol. The Morgan fingerprint density at radius 1 is 1.00 bits per heavy atom. The highest BCUT2D eigenvalue weighted by molar-refractivity contribution is 5.94. The number of phenolic OH excluding ortho intramolecular Hbond substituents is 1. The monoisotopic (exact) mass is 449 g/mol. The molecule has 1 heterocycles. The van der Waals surface area contributed by atoms with Gasteiger partial charge in [-0.2, -0.15) is 0 Å². The highest BCUT2D eigenvalue weighted by Gasteiger charge is 2.46. The van der Waals surface area contributed by atoms with Gasteiger partial charge in [-0.1, -0.05) is 63.4 Å². The number of anilines is 1. The van der Waals surface area contributed by atoms with Crippen LogP contribution in [0.25, 0.3) is 0 Å². The van der Waals surface area contributed by atoms with Crippen LogP contribution in [0.5, 0.6) is 5.75 Å². The number of hydrogen-bond donors (Lipinski definition) is 2. The van der Waals surface area contributed by atoms with Crippen molar-refractivity contribution in [1.29, 1.82) is 0 Å². The van der Waals surface area contributed by atoms with Gasteiger partial charge in [0.15, 0.2) is 5.70 Å². The zero-order valence-electron chi connectivity index (χ0n) is 19.7. The number of para-hydroxylation sites is 1. The summed E-state index contributed by atoms with van der Waals surface area (Å²) in [6, 6.07) is 17.2. The Labute approximate surface area is 196 Å². The van der Waals surface area contributed by atoms with Gasteiger partial charge in [0.05, 0.1) is 0 Å². The Morgan fingerprint density at radius 3 is 2.27 bits per heavy atom. The molecule has 0 amide bonds. The smallest absolute Gasteiger partial charge is 0.359 e. The minimum Gasteiger partial charge on any atom is -0.510 e. The van der Waals surface area contributed by atoms with Crippen LogP contribution >= 0.6 is 0 Å². The molecule has 0 bridgehead atoms. The number of nitrogens with zero attached hydrogens (tertiary/aromatic N) is 1. The van der Waals surface area contributed by atoms with E-state index < -0.39 is 11.6 Å². The molecule has 2 N–H and O–H groups in total. The fourth-order valence-electron chi connectivity index (χ4n) is 5.21. The number of esters is 1. The summed E-state index contributed by atoms with van der Waals surface area (Å²) in [7, 11) is 0. The van der Waals surface area contributed by atoms with E-state index in [2.05, 4.69) is 0 Å². The molecule has 1 atom stereocenters. The average Bonchev–Trinajstić information content (AvgIpc) is 2.82. The lowest BCUT2D eigenvalue weighted by Crippen LogP contribution is -2.49. The number of hydrogen-bond acceptors (Lipinski definition) is 5. The first-order valence-electron chi connectivity index (χ1n) is 12.2. The van der Waals surface area contributed by atoms with Crippen molar-refractivity contribution in [3.05, 3.63) is 71.6 Å². The summed E-state index contributed by atoms with van der Waals surface area (Å²) < 4.78 is 6.21. The van der Waals surface area contributed by atoms with Gasteiger partial charge >= 0.3 is 5.97 Å². The number of cyclic esters (lactones) is 1. The molecule has 2 aromatic carbocycles. The van der Waals surface area contributed by atoms with Crippen molar-refractivity contribution in [1.82, 2.24) is 0 Å². The van der Waals surface area contributed by atoms with Gasteiger partial charge < -0.3 is 19.8 Å². The maximum absolute atomic E-state index is 13.5. The van der Waals surface area contributed by atoms with Crippen LogP contribution in [0.2, 0.25) is 0 Å². The SMILES string of the molecule is CC(C)C1(CCc2ccc(O)cc2)CC(O)=C(N(c2ccccc2)C2CCCCC2)C(=O)O1. The van der Waals surface area contributed by atoms with Crippen molar-refractivity contribution in [3.63, 3.8) is 0 Å². The van der Waals surface area contributed by atoms with Crippen LogP contribution in [0.4, 0.5) is 5.69 Å². The molecule has 176 valence electrons. The van der Waals surface area contributed by atoms with Gasteiger partial charge in [-0.25, -0.2) is 4.79 Å². The van der Waals surface area contributed by atoms with Crippen molar-refractivity contribution in [2.45, 2.75) is 76.9 Å². The number of aliphatic hydroxyl groups is 1. The van der Waals surface area contributed by atoms with Gasteiger partial charge in [-0.3, -0.25) is 0 Å². The van der Waals surface area contributed by atoms with Crippen molar-refractivity contribution in [2.75, 3.05) is 4.90 Å². The van der Waals surface area contributed by atoms with E-state index in [0.29, 0.717) is 25.0 Å². The topological polar surface area (TPSA) is 70.0 Å². The Hall–Kier alpha value is -2.95. The predicted octanol–water partition coefficient (Wildman–Crippen LogP) is 6.28. The number of ether oxygens (including phenoxy) is 1. The molecule has 4 rings (SSSR count). The number of benzene rings is 2. The fraction of sp³-hybridized carbons (Fsp3) is 0.464. The van der Waals surface area contributed by atoms with E-state index >= 15 is 0 Å². The third-order valence-corrected chi connectivity index (χ3v) is 7.27. The van der Waals surface area contributed by atoms with Gasteiger partial charge in [0, 0.05) is 18.2 Å². The molecule has 5 heteroatoms. The second kappa shape index (κ2) is 9.90. The van der Waals surface area contributed by atoms with Crippen LogP contribution in [0, 0.1) is 5.92 Å². The summed E-state index contributed by atoms with van der Waals surface area (Å²) in [5.74, 6) is -0.0369. The summed E-state index contributed by atoms with van der Waals surface area (Å²) in [6.07, 6.45) is 7.05.